The number of para-hydroxylation sites is 1. The van der Waals surface area contributed by atoms with Gasteiger partial charge in [0.2, 0.25) is 5.95 Å². The lowest BCUT2D eigenvalue weighted by molar-refractivity contribution is 0.331. The van der Waals surface area contributed by atoms with Crippen molar-refractivity contribution in [1.82, 2.24) is 9.97 Å². The molecule has 0 atom stereocenters. The largest absolute Gasteiger partial charge is 0.491 e. The Morgan fingerprint density at radius 2 is 2.11 bits per heavy atom. The molecule has 0 bridgehead atoms. The van der Waals surface area contributed by atoms with E-state index < -0.39 is 0 Å². The average Bonchev–Trinajstić information content (AvgIpc) is 2.59. The predicted molar refractivity (Wildman–Crippen MR) is 74.4 cm³/mol. The van der Waals surface area contributed by atoms with Gasteiger partial charge in [0.15, 0.2) is 0 Å². The molecule has 0 spiro atoms. The van der Waals surface area contributed by atoms with E-state index in [1.54, 1.807) is 6.07 Å². The Balaban J connectivity index is 1.94. The second-order valence-corrected chi connectivity index (χ2v) is 4.67. The van der Waals surface area contributed by atoms with Crippen molar-refractivity contribution < 1.29 is 4.74 Å². The van der Waals surface area contributed by atoms with Crippen LogP contribution in [0.15, 0.2) is 30.3 Å². The van der Waals surface area contributed by atoms with Gasteiger partial charge >= 0.3 is 0 Å². The van der Waals surface area contributed by atoms with Crippen LogP contribution in [0.5, 0.6) is 5.75 Å². The highest BCUT2D eigenvalue weighted by Gasteiger charge is 2.17. The van der Waals surface area contributed by atoms with Crippen molar-refractivity contribution in [1.29, 1.82) is 0 Å². The van der Waals surface area contributed by atoms with Crippen LogP contribution in [0.4, 0.5) is 11.8 Å². The van der Waals surface area contributed by atoms with E-state index in [0.29, 0.717) is 18.3 Å². The predicted octanol–water partition coefficient (Wildman–Crippen LogP) is 2.11. The Bertz CT molecular complexity index is 585. The molecular weight excluding hydrogens is 264 g/mol. The lowest BCUT2D eigenvalue weighted by Gasteiger charge is -2.21. The molecule has 0 aliphatic carbocycles. The summed E-state index contributed by atoms with van der Waals surface area (Å²) in [5.41, 5.74) is 6.75. The molecule has 1 aromatic heterocycles. The van der Waals surface area contributed by atoms with Gasteiger partial charge in [-0.3, -0.25) is 0 Å². The fourth-order valence-corrected chi connectivity index (χ4v) is 2.29. The maximum absolute atomic E-state index is 5.92. The summed E-state index contributed by atoms with van der Waals surface area (Å²) in [7, 11) is 0. The Labute approximate surface area is 116 Å². The van der Waals surface area contributed by atoms with Gasteiger partial charge in [-0.05, 0) is 6.07 Å². The molecule has 1 aliphatic rings. The van der Waals surface area contributed by atoms with E-state index in [0.717, 1.165) is 23.7 Å². The highest BCUT2D eigenvalue weighted by atomic mass is 35.5. The van der Waals surface area contributed by atoms with E-state index >= 15 is 0 Å². The second-order valence-electron chi connectivity index (χ2n) is 4.28. The number of rotatable bonds is 1. The van der Waals surface area contributed by atoms with Crippen molar-refractivity contribution in [2.75, 3.05) is 23.8 Å². The number of halogens is 1. The molecule has 1 aliphatic heterocycles. The van der Waals surface area contributed by atoms with Gasteiger partial charge in [0.05, 0.1) is 6.54 Å². The lowest BCUT2D eigenvalue weighted by atomic mass is 10.2. The van der Waals surface area contributed by atoms with Crippen molar-refractivity contribution in [3.05, 3.63) is 41.0 Å². The molecule has 98 valence electrons. The number of fused-ring (bicyclic) bond motifs is 1. The highest BCUT2D eigenvalue weighted by molar-refractivity contribution is 6.29. The van der Waals surface area contributed by atoms with Gasteiger partial charge in [0.25, 0.3) is 0 Å². The number of nitrogen functional groups attached to an aromatic ring is 1. The zero-order valence-corrected chi connectivity index (χ0v) is 11.0. The molecule has 19 heavy (non-hydrogen) atoms. The number of hydrogen-bond acceptors (Lipinski definition) is 5. The molecule has 6 heteroatoms. The topological polar surface area (TPSA) is 64.3 Å². The normalized spacial score (nSPS) is 14.5. The van der Waals surface area contributed by atoms with Crippen LogP contribution in [0.2, 0.25) is 5.15 Å². The van der Waals surface area contributed by atoms with Crippen molar-refractivity contribution in [3.8, 4) is 5.75 Å². The Morgan fingerprint density at radius 1 is 1.26 bits per heavy atom. The number of nitrogens with two attached hydrogens (primary N) is 1. The molecule has 3 rings (SSSR count). The van der Waals surface area contributed by atoms with E-state index in [1.165, 1.54) is 0 Å². The third kappa shape index (κ3) is 2.56. The Hall–Kier alpha value is -2.01. The third-order valence-corrected chi connectivity index (χ3v) is 3.17. The summed E-state index contributed by atoms with van der Waals surface area (Å²) in [6.07, 6.45) is 0. The van der Waals surface area contributed by atoms with Gasteiger partial charge in [0.1, 0.15) is 23.3 Å². The summed E-state index contributed by atoms with van der Waals surface area (Å²) in [4.78, 5) is 10.2. The molecule has 0 saturated carbocycles. The number of anilines is 2. The number of benzene rings is 1. The van der Waals surface area contributed by atoms with Gasteiger partial charge < -0.3 is 15.4 Å². The minimum Gasteiger partial charge on any atom is -0.491 e. The molecule has 1 aromatic carbocycles. The molecule has 5 nitrogen and oxygen atoms in total. The number of ether oxygens (including phenoxy) is 1. The molecule has 2 heterocycles. The number of nitrogens with zero attached hydrogens (tertiary/aromatic N) is 3. The Morgan fingerprint density at radius 3 is 2.95 bits per heavy atom. The maximum atomic E-state index is 5.92. The van der Waals surface area contributed by atoms with Crippen molar-refractivity contribution >= 4 is 23.4 Å². The van der Waals surface area contributed by atoms with Crippen molar-refractivity contribution in [2.45, 2.75) is 6.54 Å². The molecule has 0 amide bonds. The van der Waals surface area contributed by atoms with E-state index in [4.69, 9.17) is 22.1 Å². The summed E-state index contributed by atoms with van der Waals surface area (Å²) in [5, 5.41) is 0.348. The van der Waals surface area contributed by atoms with E-state index in [9.17, 15) is 0 Å². The summed E-state index contributed by atoms with van der Waals surface area (Å²) in [6, 6.07) is 9.69. The molecule has 0 unspecified atom stereocenters. The standard InChI is InChI=1S/C13H13ClN4O/c14-11-7-12(17-13(15)16-11)18-5-6-19-10-4-2-1-3-9(10)8-18/h1-4,7H,5-6,8H2,(H2,15,16,17). The first-order valence-electron chi connectivity index (χ1n) is 5.98. The number of aromatic nitrogens is 2. The van der Waals surface area contributed by atoms with Gasteiger partial charge in [-0.15, -0.1) is 0 Å². The van der Waals surface area contributed by atoms with Gasteiger partial charge in [-0.25, -0.2) is 4.98 Å². The van der Waals surface area contributed by atoms with Crippen LogP contribution < -0.4 is 15.4 Å². The Kier molecular flexibility index (Phi) is 3.13. The number of hydrogen-bond donors (Lipinski definition) is 1. The van der Waals surface area contributed by atoms with Crippen LogP contribution in [0, 0.1) is 0 Å². The minimum absolute atomic E-state index is 0.181. The maximum Gasteiger partial charge on any atom is 0.223 e. The summed E-state index contributed by atoms with van der Waals surface area (Å²) in [5.74, 6) is 1.82. The first-order chi connectivity index (χ1) is 9.22. The van der Waals surface area contributed by atoms with E-state index in [-0.39, 0.29) is 5.95 Å². The van der Waals surface area contributed by atoms with Gasteiger partial charge in [0, 0.05) is 18.2 Å². The van der Waals surface area contributed by atoms with Crippen LogP contribution in [0.1, 0.15) is 5.56 Å². The summed E-state index contributed by atoms with van der Waals surface area (Å²) >= 11 is 5.92. The van der Waals surface area contributed by atoms with Crippen molar-refractivity contribution in [3.63, 3.8) is 0 Å². The fraction of sp³-hybridized carbons (Fsp3) is 0.231. The molecular formula is C13H13ClN4O. The fourth-order valence-electron chi connectivity index (χ4n) is 2.11. The van der Waals surface area contributed by atoms with Crippen LogP contribution >= 0.6 is 11.6 Å². The van der Waals surface area contributed by atoms with Crippen molar-refractivity contribution in [2.24, 2.45) is 0 Å². The van der Waals surface area contributed by atoms with Crippen LogP contribution in [-0.4, -0.2) is 23.1 Å². The monoisotopic (exact) mass is 276 g/mol. The van der Waals surface area contributed by atoms with E-state index in [1.807, 2.05) is 24.3 Å². The van der Waals surface area contributed by atoms with E-state index in [2.05, 4.69) is 14.9 Å². The van der Waals surface area contributed by atoms with Gasteiger partial charge in [-0.2, -0.15) is 4.98 Å². The molecule has 2 aromatic rings. The zero-order valence-electron chi connectivity index (χ0n) is 10.2. The molecule has 0 fully saturated rings. The lowest BCUT2D eigenvalue weighted by Crippen LogP contribution is -2.26. The quantitative estimate of drug-likeness (QED) is 0.808. The SMILES string of the molecule is Nc1nc(Cl)cc(N2CCOc3ccccc3C2)n1. The highest BCUT2D eigenvalue weighted by Crippen LogP contribution is 2.26. The molecule has 2 N–H and O–H groups in total. The second kappa shape index (κ2) is 4.93. The third-order valence-electron chi connectivity index (χ3n) is 2.98. The zero-order chi connectivity index (χ0) is 13.2. The van der Waals surface area contributed by atoms with Crippen LogP contribution in [-0.2, 0) is 6.54 Å². The van der Waals surface area contributed by atoms with Gasteiger partial charge in [-0.1, -0.05) is 29.8 Å². The molecule has 0 saturated heterocycles. The average molecular weight is 277 g/mol. The molecule has 0 radical (unpaired) electrons. The minimum atomic E-state index is 0.181. The van der Waals surface area contributed by atoms with Crippen LogP contribution in [0.3, 0.4) is 0 Å². The first kappa shape index (κ1) is 12.0. The van der Waals surface area contributed by atoms with Crippen LogP contribution in [0.25, 0.3) is 0 Å². The summed E-state index contributed by atoms with van der Waals surface area (Å²) in [6.45, 7) is 2.03. The smallest absolute Gasteiger partial charge is 0.223 e. The summed E-state index contributed by atoms with van der Waals surface area (Å²) < 4.78 is 5.71. The first-order valence-corrected chi connectivity index (χ1v) is 6.36.